The molecule has 0 bridgehead atoms. The number of fused-ring (bicyclic) bond motifs is 4. The zero-order chi connectivity index (χ0) is 42.0. The first-order valence-electron chi connectivity index (χ1n) is 21.4. The van der Waals surface area contributed by atoms with Gasteiger partial charge in [0.05, 0.1) is 64.4 Å². The number of halogens is 1. The lowest BCUT2D eigenvalue weighted by atomic mass is 10.1. The van der Waals surface area contributed by atoms with Crippen molar-refractivity contribution >= 4 is 22.9 Å². The van der Waals surface area contributed by atoms with E-state index in [1.807, 2.05) is 40.5 Å². The van der Waals surface area contributed by atoms with Gasteiger partial charge in [-0.2, -0.15) is 10.2 Å². The van der Waals surface area contributed by atoms with Crippen LogP contribution in [-0.4, -0.2) is 92.3 Å². The predicted molar refractivity (Wildman–Crippen MR) is 230 cm³/mol. The number of nitrogens with one attached hydrogen (secondary N) is 3. The number of hydrogen-bond acceptors (Lipinski definition) is 14. The third-order valence-corrected chi connectivity index (χ3v) is 11.9. The zero-order valence-electron chi connectivity index (χ0n) is 35.3. The number of nitrogen functional groups attached to an aromatic ring is 1. The number of methoxy groups -OCH3 is 2. The average molecular weight is 835 g/mol. The van der Waals surface area contributed by atoms with Crippen LogP contribution in [0.15, 0.2) is 36.7 Å². The quantitative estimate of drug-likeness (QED) is 0.117. The van der Waals surface area contributed by atoms with Crippen molar-refractivity contribution in [3.8, 4) is 34.3 Å². The Kier molecular flexibility index (Phi) is 12.0. The molecule has 3 fully saturated rings. The fourth-order valence-electron chi connectivity index (χ4n) is 8.07. The fraction of sp³-hybridized carbons (Fsp3) is 0.500. The first-order chi connectivity index (χ1) is 29.8. The molecule has 3 aliphatic heterocycles. The summed E-state index contributed by atoms with van der Waals surface area (Å²) in [5.41, 5.74) is 17.3. The summed E-state index contributed by atoms with van der Waals surface area (Å²) in [6.07, 6.45) is 10.1. The van der Waals surface area contributed by atoms with Crippen LogP contribution < -0.4 is 31.2 Å². The molecule has 16 nitrogen and oxygen atoms in total. The molecule has 6 aromatic rings. The van der Waals surface area contributed by atoms with E-state index in [0.717, 1.165) is 131 Å². The topological polar surface area (TPSA) is 185 Å². The smallest absolute Gasteiger partial charge is 0.157 e. The third kappa shape index (κ3) is 8.69. The molecule has 1 saturated heterocycles. The van der Waals surface area contributed by atoms with Crippen LogP contribution in [0.2, 0.25) is 0 Å². The second-order valence-corrected chi connectivity index (χ2v) is 16.3. The minimum Gasteiger partial charge on any atom is -0.495 e. The number of piperidine rings is 1. The Balaban J connectivity index is 0.000000137. The molecular weight excluding hydrogens is 780 g/mol. The van der Waals surface area contributed by atoms with Crippen LogP contribution >= 0.6 is 0 Å². The van der Waals surface area contributed by atoms with Gasteiger partial charge in [0, 0.05) is 47.7 Å². The number of hydrogen-bond donors (Lipinski definition) is 4. The van der Waals surface area contributed by atoms with Gasteiger partial charge in [0.2, 0.25) is 0 Å². The lowest BCUT2D eigenvalue weighted by molar-refractivity contribution is 0.134. The number of imidazole rings is 2. The molecule has 0 spiro atoms. The van der Waals surface area contributed by atoms with Crippen molar-refractivity contribution in [3.63, 3.8) is 0 Å². The van der Waals surface area contributed by atoms with E-state index in [4.69, 9.17) is 39.9 Å². The molecule has 0 amide bonds. The minimum absolute atomic E-state index is 0.300. The standard InChI is InChI=1S/C22H28N6O2.C17H17N5O2.C5H10FN/c1-4-15(9-23-2)25-22-16-12-30-11-14(16)7-17(26-22)18-10-24-20-8-19(29-3)21(13-5-6-13)27-28(18)20;1-23-14-5-15-19-6-13(22(15)21-16(14)9-2-3-9)12-4-10-7-24-8-11(10)17(18)20-12;6-5-1-3-7-4-2-5/h7-8,10,13,15,23H,4-6,9,11-12H2,1-3H3,(H,25,26);4-6,9H,2-3,7-8H2,1H3,(H2,18,20);5,7H,1-4H2. The number of anilines is 2. The molecule has 2 saturated carbocycles. The average Bonchev–Trinajstić information content (AvgIpc) is 4.09. The number of rotatable bonds is 11. The second-order valence-electron chi connectivity index (χ2n) is 16.3. The Morgan fingerprint density at radius 1 is 0.787 bits per heavy atom. The number of pyridine rings is 2. The van der Waals surface area contributed by atoms with Crippen molar-refractivity contribution in [1.82, 2.24) is 49.8 Å². The third-order valence-electron chi connectivity index (χ3n) is 11.9. The molecule has 1 unspecified atom stereocenters. The van der Waals surface area contributed by atoms with Crippen LogP contribution in [0.3, 0.4) is 0 Å². The van der Waals surface area contributed by atoms with Gasteiger partial charge in [0.15, 0.2) is 11.3 Å². The Hall–Kier alpha value is -5.49. The van der Waals surface area contributed by atoms with Gasteiger partial charge >= 0.3 is 0 Å². The zero-order valence-corrected chi connectivity index (χ0v) is 35.3. The number of aromatic nitrogens is 8. The molecule has 17 heteroatoms. The van der Waals surface area contributed by atoms with Crippen molar-refractivity contribution in [2.75, 3.05) is 52.0 Å². The van der Waals surface area contributed by atoms with Gasteiger partial charge in [-0.3, -0.25) is 0 Å². The van der Waals surface area contributed by atoms with Crippen LogP contribution in [0.1, 0.15) is 97.3 Å². The monoisotopic (exact) mass is 834 g/mol. The molecule has 6 aromatic heterocycles. The van der Waals surface area contributed by atoms with E-state index >= 15 is 0 Å². The van der Waals surface area contributed by atoms with Crippen molar-refractivity contribution in [2.24, 2.45) is 0 Å². The van der Waals surface area contributed by atoms with E-state index < -0.39 is 6.17 Å². The molecule has 0 radical (unpaired) electrons. The summed E-state index contributed by atoms with van der Waals surface area (Å²) in [5.74, 6) is 3.99. The number of likely N-dealkylation sites (N-methyl/N-ethyl adjacent to an activating group) is 1. The lowest BCUT2D eigenvalue weighted by Crippen LogP contribution is -2.31. The van der Waals surface area contributed by atoms with Crippen molar-refractivity contribution in [2.45, 2.75) is 102 Å². The van der Waals surface area contributed by atoms with E-state index in [-0.39, 0.29) is 0 Å². The van der Waals surface area contributed by atoms with E-state index in [2.05, 4.69) is 43.9 Å². The highest BCUT2D eigenvalue weighted by Crippen LogP contribution is 2.44. The maximum Gasteiger partial charge on any atom is 0.157 e. The van der Waals surface area contributed by atoms with Crippen LogP contribution in [0.25, 0.3) is 34.1 Å². The van der Waals surface area contributed by atoms with Gasteiger partial charge in [0.25, 0.3) is 0 Å². The normalized spacial score (nSPS) is 17.6. The molecule has 2 aliphatic carbocycles. The number of nitrogens with two attached hydrogens (primary N) is 1. The summed E-state index contributed by atoms with van der Waals surface area (Å²) in [6, 6.07) is 8.33. The van der Waals surface area contributed by atoms with Gasteiger partial charge in [0.1, 0.15) is 52.1 Å². The fourth-order valence-corrected chi connectivity index (χ4v) is 8.07. The van der Waals surface area contributed by atoms with Crippen LogP contribution in [0, 0.1) is 0 Å². The minimum atomic E-state index is -0.527. The molecule has 1 atom stereocenters. The maximum absolute atomic E-state index is 12.1. The Bertz CT molecular complexity index is 2510. The molecular formula is C44H55FN12O4. The molecule has 322 valence electrons. The lowest BCUT2D eigenvalue weighted by Gasteiger charge is -2.19. The summed E-state index contributed by atoms with van der Waals surface area (Å²) in [4.78, 5) is 18.6. The van der Waals surface area contributed by atoms with Gasteiger partial charge < -0.3 is 40.6 Å². The van der Waals surface area contributed by atoms with Crippen molar-refractivity contribution in [1.29, 1.82) is 0 Å². The molecule has 0 aromatic carbocycles. The predicted octanol–water partition coefficient (Wildman–Crippen LogP) is 6.12. The van der Waals surface area contributed by atoms with Gasteiger partial charge in [-0.05, 0) is 88.3 Å². The largest absolute Gasteiger partial charge is 0.495 e. The van der Waals surface area contributed by atoms with E-state index in [1.54, 1.807) is 20.4 Å². The van der Waals surface area contributed by atoms with Gasteiger partial charge in [-0.25, -0.2) is 33.4 Å². The molecule has 61 heavy (non-hydrogen) atoms. The van der Waals surface area contributed by atoms with Gasteiger partial charge in [-0.15, -0.1) is 0 Å². The first kappa shape index (κ1) is 40.9. The highest BCUT2D eigenvalue weighted by Gasteiger charge is 2.31. The van der Waals surface area contributed by atoms with Crippen molar-refractivity contribution < 1.29 is 23.3 Å². The summed E-state index contributed by atoms with van der Waals surface area (Å²) in [6.45, 7) is 7.07. The summed E-state index contributed by atoms with van der Waals surface area (Å²) in [5, 5.41) is 19.6. The number of ether oxygens (including phenoxy) is 4. The molecule has 5 aliphatic rings. The van der Waals surface area contributed by atoms with E-state index in [0.29, 0.717) is 63.0 Å². The van der Waals surface area contributed by atoms with Crippen LogP contribution in [0.4, 0.5) is 16.0 Å². The van der Waals surface area contributed by atoms with Gasteiger partial charge in [-0.1, -0.05) is 6.92 Å². The molecule has 11 rings (SSSR count). The Morgan fingerprint density at radius 2 is 1.33 bits per heavy atom. The first-order valence-corrected chi connectivity index (χ1v) is 21.4. The number of alkyl halides is 1. The SMILES string of the molecule is CCC(CNC)Nc1nc(-c2cnc3cc(OC)c(C4CC4)nn23)cc2c1COC2.COc1cc2ncc(-c3cc4c(c(N)n3)COC4)n2nc1C1CC1.FC1CCNCC1. The van der Waals surface area contributed by atoms with Crippen molar-refractivity contribution in [3.05, 3.63) is 70.3 Å². The van der Waals surface area contributed by atoms with Crippen LogP contribution in [-0.2, 0) is 35.9 Å². The summed E-state index contributed by atoms with van der Waals surface area (Å²) in [7, 11) is 5.34. The molecule has 5 N–H and O–H groups in total. The number of nitrogens with zero attached hydrogens (tertiary/aromatic N) is 8. The van der Waals surface area contributed by atoms with E-state index in [9.17, 15) is 4.39 Å². The molecule has 9 heterocycles. The Morgan fingerprint density at radius 3 is 1.82 bits per heavy atom. The maximum atomic E-state index is 12.1. The Labute approximate surface area is 354 Å². The van der Waals surface area contributed by atoms with E-state index in [1.165, 1.54) is 5.56 Å². The highest BCUT2D eigenvalue weighted by atomic mass is 19.1. The van der Waals surface area contributed by atoms with Crippen LogP contribution in [0.5, 0.6) is 11.5 Å². The summed E-state index contributed by atoms with van der Waals surface area (Å²) >= 11 is 0. The summed E-state index contributed by atoms with van der Waals surface area (Å²) < 4.78 is 38.1. The second kappa shape index (κ2) is 17.8. The highest BCUT2D eigenvalue weighted by molar-refractivity contribution is 5.67.